The lowest BCUT2D eigenvalue weighted by Crippen LogP contribution is -2.35. The summed E-state index contributed by atoms with van der Waals surface area (Å²) in [6, 6.07) is 10.9. The van der Waals surface area contributed by atoms with Gasteiger partial charge < -0.3 is 0 Å². The van der Waals surface area contributed by atoms with Crippen molar-refractivity contribution in [1.29, 1.82) is 0 Å². The van der Waals surface area contributed by atoms with Crippen LogP contribution in [0, 0.1) is 0 Å². The number of hydrogen-bond acceptors (Lipinski definition) is 2. The van der Waals surface area contributed by atoms with Crippen LogP contribution in [0.3, 0.4) is 0 Å². The lowest BCUT2D eigenvalue weighted by atomic mass is 10.0. The lowest BCUT2D eigenvalue weighted by Gasteiger charge is -2.29. The van der Waals surface area contributed by atoms with Crippen molar-refractivity contribution in [3.05, 3.63) is 42.0 Å². The molecule has 0 bridgehead atoms. The predicted molar refractivity (Wildman–Crippen MR) is 62.2 cm³/mol. The molecular weight excluding hydrogens is 186 g/mol. The standard InChI is InChI=1S/C13H17NO/c1-11(2)14-10-13(8-9-15-14)12-6-4-3-5-7-12/h3-8,11H,9-10H2,1-2H3. The molecular formula is C13H17NO. The van der Waals surface area contributed by atoms with Gasteiger partial charge in [-0.15, -0.1) is 0 Å². The molecule has 0 saturated heterocycles. The fourth-order valence-corrected chi connectivity index (χ4v) is 1.70. The third-order valence-corrected chi connectivity index (χ3v) is 2.62. The van der Waals surface area contributed by atoms with Gasteiger partial charge in [0.1, 0.15) is 0 Å². The van der Waals surface area contributed by atoms with Crippen LogP contribution in [0.2, 0.25) is 0 Å². The van der Waals surface area contributed by atoms with Crippen LogP contribution in [-0.2, 0) is 4.84 Å². The Kier molecular flexibility index (Phi) is 3.19. The van der Waals surface area contributed by atoms with E-state index >= 15 is 0 Å². The Balaban J connectivity index is 2.14. The second-order valence-electron chi connectivity index (χ2n) is 4.06. The van der Waals surface area contributed by atoms with Crippen molar-refractivity contribution in [3.8, 4) is 0 Å². The maximum atomic E-state index is 5.55. The molecule has 0 unspecified atom stereocenters. The minimum atomic E-state index is 0.428. The van der Waals surface area contributed by atoms with Gasteiger partial charge in [0, 0.05) is 12.6 Å². The third-order valence-electron chi connectivity index (χ3n) is 2.62. The Labute approximate surface area is 91.1 Å². The Morgan fingerprint density at radius 1 is 1.20 bits per heavy atom. The molecule has 2 rings (SSSR count). The predicted octanol–water partition coefficient (Wildman–Crippen LogP) is 2.73. The third kappa shape index (κ3) is 2.46. The molecule has 0 fully saturated rings. The second kappa shape index (κ2) is 4.60. The largest absolute Gasteiger partial charge is 0.294 e. The molecule has 15 heavy (non-hydrogen) atoms. The Hall–Kier alpha value is -1.12. The van der Waals surface area contributed by atoms with E-state index in [9.17, 15) is 0 Å². The summed E-state index contributed by atoms with van der Waals surface area (Å²) < 4.78 is 0. The van der Waals surface area contributed by atoms with Gasteiger partial charge in [-0.3, -0.25) is 4.84 Å². The molecule has 1 aromatic carbocycles. The van der Waals surface area contributed by atoms with E-state index < -0.39 is 0 Å². The van der Waals surface area contributed by atoms with E-state index in [-0.39, 0.29) is 0 Å². The summed E-state index contributed by atoms with van der Waals surface area (Å²) in [6.07, 6.45) is 2.16. The van der Waals surface area contributed by atoms with Gasteiger partial charge in [-0.05, 0) is 25.0 Å². The summed E-state index contributed by atoms with van der Waals surface area (Å²) in [6.45, 7) is 5.85. The van der Waals surface area contributed by atoms with Gasteiger partial charge in [0.25, 0.3) is 0 Å². The van der Waals surface area contributed by atoms with Gasteiger partial charge in [-0.2, -0.15) is 5.06 Å². The van der Waals surface area contributed by atoms with Crippen LogP contribution < -0.4 is 0 Å². The van der Waals surface area contributed by atoms with E-state index in [2.05, 4.69) is 44.2 Å². The van der Waals surface area contributed by atoms with Crippen molar-refractivity contribution >= 4 is 5.57 Å². The highest BCUT2D eigenvalue weighted by Gasteiger charge is 2.16. The van der Waals surface area contributed by atoms with Crippen LogP contribution in [0.25, 0.3) is 5.57 Å². The molecule has 0 aromatic heterocycles. The smallest absolute Gasteiger partial charge is 0.0873 e. The van der Waals surface area contributed by atoms with Crippen molar-refractivity contribution in [3.63, 3.8) is 0 Å². The highest BCUT2D eigenvalue weighted by molar-refractivity contribution is 5.67. The van der Waals surface area contributed by atoms with Gasteiger partial charge in [0.15, 0.2) is 0 Å². The summed E-state index contributed by atoms with van der Waals surface area (Å²) in [4.78, 5) is 5.55. The molecule has 80 valence electrons. The van der Waals surface area contributed by atoms with Crippen molar-refractivity contribution in [2.24, 2.45) is 0 Å². The monoisotopic (exact) mass is 203 g/mol. The first-order valence-electron chi connectivity index (χ1n) is 5.41. The maximum absolute atomic E-state index is 5.55. The summed E-state index contributed by atoms with van der Waals surface area (Å²) in [7, 11) is 0. The topological polar surface area (TPSA) is 12.5 Å². The minimum Gasteiger partial charge on any atom is -0.294 e. The molecule has 0 radical (unpaired) electrons. The number of hydroxylamine groups is 2. The molecule has 0 saturated carbocycles. The zero-order valence-corrected chi connectivity index (χ0v) is 9.31. The van der Waals surface area contributed by atoms with E-state index in [1.165, 1.54) is 11.1 Å². The molecule has 0 atom stereocenters. The molecule has 1 heterocycles. The quantitative estimate of drug-likeness (QED) is 0.732. The van der Waals surface area contributed by atoms with Crippen molar-refractivity contribution in [1.82, 2.24) is 5.06 Å². The van der Waals surface area contributed by atoms with E-state index in [1.807, 2.05) is 11.1 Å². The number of rotatable bonds is 2. The van der Waals surface area contributed by atoms with Gasteiger partial charge in [0.2, 0.25) is 0 Å². The zero-order valence-electron chi connectivity index (χ0n) is 9.31. The number of benzene rings is 1. The van der Waals surface area contributed by atoms with E-state index in [0.29, 0.717) is 12.6 Å². The molecule has 0 N–H and O–H groups in total. The first kappa shape index (κ1) is 10.4. The van der Waals surface area contributed by atoms with Crippen LogP contribution in [0.4, 0.5) is 0 Å². The number of hydrogen-bond donors (Lipinski definition) is 0. The summed E-state index contributed by atoms with van der Waals surface area (Å²) in [5.41, 5.74) is 2.65. The highest BCUT2D eigenvalue weighted by atomic mass is 16.7. The van der Waals surface area contributed by atoms with Crippen LogP contribution in [-0.4, -0.2) is 24.3 Å². The van der Waals surface area contributed by atoms with Crippen LogP contribution in [0.1, 0.15) is 19.4 Å². The minimum absolute atomic E-state index is 0.428. The van der Waals surface area contributed by atoms with Gasteiger partial charge in [-0.25, -0.2) is 0 Å². The van der Waals surface area contributed by atoms with Crippen molar-refractivity contribution in [2.75, 3.05) is 13.2 Å². The average molecular weight is 203 g/mol. The zero-order chi connectivity index (χ0) is 10.7. The SMILES string of the molecule is CC(C)N1CC(c2ccccc2)=CCO1. The molecule has 2 nitrogen and oxygen atoms in total. The van der Waals surface area contributed by atoms with Crippen molar-refractivity contribution < 1.29 is 4.84 Å². The van der Waals surface area contributed by atoms with Gasteiger partial charge >= 0.3 is 0 Å². The molecule has 1 aliphatic rings. The molecule has 1 aromatic rings. The van der Waals surface area contributed by atoms with Crippen LogP contribution >= 0.6 is 0 Å². The molecule has 0 spiro atoms. The average Bonchev–Trinajstić information content (AvgIpc) is 2.30. The van der Waals surface area contributed by atoms with Crippen LogP contribution in [0.5, 0.6) is 0 Å². The highest BCUT2D eigenvalue weighted by Crippen LogP contribution is 2.20. The lowest BCUT2D eigenvalue weighted by molar-refractivity contribution is -0.164. The Morgan fingerprint density at radius 3 is 2.60 bits per heavy atom. The van der Waals surface area contributed by atoms with Crippen LogP contribution in [0.15, 0.2) is 36.4 Å². The van der Waals surface area contributed by atoms with E-state index in [4.69, 9.17) is 4.84 Å². The molecule has 0 aliphatic carbocycles. The number of nitrogens with zero attached hydrogens (tertiary/aromatic N) is 1. The maximum Gasteiger partial charge on any atom is 0.0873 e. The van der Waals surface area contributed by atoms with Gasteiger partial charge in [0.05, 0.1) is 6.61 Å². The summed E-state index contributed by atoms with van der Waals surface area (Å²) >= 11 is 0. The van der Waals surface area contributed by atoms with E-state index in [0.717, 1.165) is 6.54 Å². The first-order valence-corrected chi connectivity index (χ1v) is 5.41. The van der Waals surface area contributed by atoms with Crippen molar-refractivity contribution in [2.45, 2.75) is 19.9 Å². The normalized spacial score (nSPS) is 17.9. The molecule has 2 heteroatoms. The van der Waals surface area contributed by atoms with Gasteiger partial charge in [-0.1, -0.05) is 36.4 Å². The fraction of sp³-hybridized carbons (Fsp3) is 0.385. The second-order valence-corrected chi connectivity index (χ2v) is 4.06. The Morgan fingerprint density at radius 2 is 1.93 bits per heavy atom. The molecule has 1 aliphatic heterocycles. The summed E-state index contributed by atoms with van der Waals surface area (Å²) in [5.74, 6) is 0. The Bertz CT molecular complexity index is 343. The summed E-state index contributed by atoms with van der Waals surface area (Å²) in [5, 5.41) is 2.03. The fourth-order valence-electron chi connectivity index (χ4n) is 1.70. The van der Waals surface area contributed by atoms with E-state index in [1.54, 1.807) is 0 Å². The first-order chi connectivity index (χ1) is 7.27. The molecule has 0 amide bonds.